The van der Waals surface area contributed by atoms with Gasteiger partial charge in [-0.25, -0.2) is 4.39 Å². The molecule has 0 spiro atoms. The molecule has 3 rings (SSSR count). The van der Waals surface area contributed by atoms with Crippen LogP contribution in [-0.4, -0.2) is 32.3 Å². The number of hydrogen-bond acceptors (Lipinski definition) is 3. The fourth-order valence-electron chi connectivity index (χ4n) is 3.42. The zero-order chi connectivity index (χ0) is 13.2. The van der Waals surface area contributed by atoms with Crippen LogP contribution in [0.3, 0.4) is 0 Å². The van der Waals surface area contributed by atoms with E-state index < -0.39 is 0 Å². The maximum Gasteiger partial charge on any atom is 0.146 e. The van der Waals surface area contributed by atoms with E-state index in [1.165, 1.54) is 6.42 Å². The van der Waals surface area contributed by atoms with E-state index in [1.54, 1.807) is 12.1 Å². The van der Waals surface area contributed by atoms with Crippen molar-refractivity contribution in [3.63, 3.8) is 0 Å². The Hall–Kier alpha value is -1.13. The predicted molar refractivity (Wildman–Crippen MR) is 73.9 cm³/mol. The minimum absolute atomic E-state index is 0.111. The molecule has 1 heterocycles. The van der Waals surface area contributed by atoms with Gasteiger partial charge in [-0.1, -0.05) is 12.1 Å². The summed E-state index contributed by atoms with van der Waals surface area (Å²) >= 11 is 0. The Labute approximate surface area is 113 Å². The molecule has 1 aromatic carbocycles. The third-order valence-corrected chi connectivity index (χ3v) is 4.21. The van der Waals surface area contributed by atoms with E-state index in [4.69, 9.17) is 4.74 Å². The molecule has 2 unspecified atom stereocenters. The highest BCUT2D eigenvalue weighted by Gasteiger charge is 2.37. The number of anilines is 1. The molecular weight excluding hydrogens is 243 g/mol. The van der Waals surface area contributed by atoms with Crippen molar-refractivity contribution in [1.29, 1.82) is 0 Å². The van der Waals surface area contributed by atoms with Crippen molar-refractivity contribution in [1.82, 2.24) is 5.32 Å². The molecule has 4 heteroatoms. The SMILES string of the molecule is CNCc1cccc(F)c1N1CCOC2CCCC21. The largest absolute Gasteiger partial charge is 0.374 e. The van der Waals surface area contributed by atoms with E-state index in [2.05, 4.69) is 10.2 Å². The van der Waals surface area contributed by atoms with E-state index in [0.717, 1.165) is 30.6 Å². The summed E-state index contributed by atoms with van der Waals surface area (Å²) in [6.07, 6.45) is 3.69. The minimum Gasteiger partial charge on any atom is -0.374 e. The van der Waals surface area contributed by atoms with E-state index in [-0.39, 0.29) is 11.9 Å². The van der Waals surface area contributed by atoms with Crippen molar-refractivity contribution in [3.05, 3.63) is 29.6 Å². The van der Waals surface area contributed by atoms with E-state index in [1.807, 2.05) is 13.1 Å². The molecule has 0 bridgehead atoms. The summed E-state index contributed by atoms with van der Waals surface area (Å²) < 4.78 is 20.1. The molecule has 3 nitrogen and oxygen atoms in total. The molecule has 104 valence electrons. The normalized spacial score (nSPS) is 26.5. The van der Waals surface area contributed by atoms with Crippen LogP contribution in [0.5, 0.6) is 0 Å². The quantitative estimate of drug-likeness (QED) is 0.906. The van der Waals surface area contributed by atoms with Gasteiger partial charge in [-0.15, -0.1) is 0 Å². The van der Waals surface area contributed by atoms with Crippen LogP contribution in [-0.2, 0) is 11.3 Å². The van der Waals surface area contributed by atoms with Crippen LogP contribution in [0.15, 0.2) is 18.2 Å². The molecule has 1 saturated heterocycles. The average Bonchev–Trinajstić information content (AvgIpc) is 2.88. The number of para-hydroxylation sites is 1. The molecule has 2 aliphatic rings. The Kier molecular flexibility index (Phi) is 3.71. The molecule has 2 atom stereocenters. The lowest BCUT2D eigenvalue weighted by atomic mass is 10.1. The summed E-state index contributed by atoms with van der Waals surface area (Å²) in [5.74, 6) is -0.111. The van der Waals surface area contributed by atoms with Gasteiger partial charge in [0, 0.05) is 13.1 Å². The monoisotopic (exact) mass is 264 g/mol. The van der Waals surface area contributed by atoms with E-state index >= 15 is 0 Å². The Morgan fingerprint density at radius 2 is 2.32 bits per heavy atom. The average molecular weight is 264 g/mol. The van der Waals surface area contributed by atoms with Gasteiger partial charge in [-0.05, 0) is 37.9 Å². The van der Waals surface area contributed by atoms with Crippen LogP contribution in [0.25, 0.3) is 0 Å². The highest BCUT2D eigenvalue weighted by Crippen LogP contribution is 2.35. The highest BCUT2D eigenvalue weighted by atomic mass is 19.1. The van der Waals surface area contributed by atoms with Gasteiger partial charge in [0.15, 0.2) is 0 Å². The lowest BCUT2D eigenvalue weighted by Gasteiger charge is -2.40. The van der Waals surface area contributed by atoms with Crippen LogP contribution in [0.4, 0.5) is 10.1 Å². The molecule has 1 aliphatic carbocycles. The number of nitrogens with zero attached hydrogens (tertiary/aromatic N) is 1. The van der Waals surface area contributed by atoms with Gasteiger partial charge in [0.25, 0.3) is 0 Å². The first-order valence-electron chi connectivity index (χ1n) is 7.11. The second kappa shape index (κ2) is 5.47. The number of morpholine rings is 1. The minimum atomic E-state index is -0.111. The molecule has 1 saturated carbocycles. The van der Waals surface area contributed by atoms with E-state index in [0.29, 0.717) is 19.2 Å². The second-order valence-corrected chi connectivity index (χ2v) is 5.38. The first-order valence-corrected chi connectivity index (χ1v) is 7.11. The number of fused-ring (bicyclic) bond motifs is 1. The van der Waals surface area contributed by atoms with Crippen LogP contribution in [0, 0.1) is 5.82 Å². The Balaban J connectivity index is 1.95. The van der Waals surface area contributed by atoms with Gasteiger partial charge in [0.05, 0.1) is 24.4 Å². The van der Waals surface area contributed by atoms with Crippen molar-refractivity contribution >= 4 is 5.69 Å². The summed E-state index contributed by atoms with van der Waals surface area (Å²) in [5, 5.41) is 3.13. The topological polar surface area (TPSA) is 24.5 Å². The van der Waals surface area contributed by atoms with Crippen molar-refractivity contribution in [2.24, 2.45) is 0 Å². The van der Waals surface area contributed by atoms with Crippen LogP contribution >= 0.6 is 0 Å². The molecule has 0 amide bonds. The smallest absolute Gasteiger partial charge is 0.146 e. The van der Waals surface area contributed by atoms with Gasteiger partial charge in [0.1, 0.15) is 5.82 Å². The molecule has 19 heavy (non-hydrogen) atoms. The summed E-state index contributed by atoms with van der Waals surface area (Å²) in [6, 6.07) is 5.71. The molecule has 2 fully saturated rings. The van der Waals surface area contributed by atoms with Gasteiger partial charge in [-0.3, -0.25) is 0 Å². The lowest BCUT2D eigenvalue weighted by molar-refractivity contribution is 0.0253. The third-order valence-electron chi connectivity index (χ3n) is 4.21. The van der Waals surface area contributed by atoms with Crippen molar-refractivity contribution in [3.8, 4) is 0 Å². The van der Waals surface area contributed by atoms with Crippen molar-refractivity contribution in [2.75, 3.05) is 25.1 Å². The van der Waals surface area contributed by atoms with Crippen LogP contribution in [0.1, 0.15) is 24.8 Å². The predicted octanol–water partition coefficient (Wildman–Crippen LogP) is 2.30. The number of halogens is 1. The fourth-order valence-corrected chi connectivity index (χ4v) is 3.42. The Morgan fingerprint density at radius 1 is 1.42 bits per heavy atom. The maximum atomic E-state index is 14.3. The third kappa shape index (κ3) is 2.35. The number of ether oxygens (including phenoxy) is 1. The lowest BCUT2D eigenvalue weighted by Crippen LogP contribution is -2.49. The van der Waals surface area contributed by atoms with Crippen molar-refractivity contribution in [2.45, 2.75) is 38.0 Å². The summed E-state index contributed by atoms with van der Waals surface area (Å²) in [6.45, 7) is 2.19. The molecule has 0 radical (unpaired) electrons. The standard InChI is InChI=1S/C15H21FN2O/c1-17-10-11-4-2-5-12(16)15(11)18-8-9-19-14-7-3-6-13(14)18/h2,4-5,13-14,17H,3,6-10H2,1H3. The van der Waals surface area contributed by atoms with Gasteiger partial charge < -0.3 is 15.0 Å². The Bertz CT molecular complexity index is 452. The number of nitrogens with one attached hydrogen (secondary N) is 1. The number of rotatable bonds is 3. The number of hydrogen-bond donors (Lipinski definition) is 1. The second-order valence-electron chi connectivity index (χ2n) is 5.38. The summed E-state index contributed by atoms with van der Waals surface area (Å²) in [5.41, 5.74) is 1.81. The molecule has 1 aliphatic heterocycles. The Morgan fingerprint density at radius 3 is 3.16 bits per heavy atom. The van der Waals surface area contributed by atoms with Gasteiger partial charge in [-0.2, -0.15) is 0 Å². The fraction of sp³-hybridized carbons (Fsp3) is 0.600. The highest BCUT2D eigenvalue weighted by molar-refractivity contribution is 5.56. The van der Waals surface area contributed by atoms with Crippen LogP contribution in [0.2, 0.25) is 0 Å². The maximum absolute atomic E-state index is 14.3. The first kappa shape index (κ1) is 12.9. The summed E-state index contributed by atoms with van der Waals surface area (Å²) in [7, 11) is 1.90. The van der Waals surface area contributed by atoms with E-state index in [9.17, 15) is 4.39 Å². The molecule has 1 N–H and O–H groups in total. The van der Waals surface area contributed by atoms with Crippen molar-refractivity contribution < 1.29 is 9.13 Å². The zero-order valence-corrected chi connectivity index (χ0v) is 11.4. The van der Waals surface area contributed by atoms with Crippen LogP contribution < -0.4 is 10.2 Å². The molecule has 1 aromatic rings. The molecule has 0 aromatic heterocycles. The summed E-state index contributed by atoms with van der Waals surface area (Å²) in [4.78, 5) is 2.24. The van der Waals surface area contributed by atoms with Gasteiger partial charge in [0.2, 0.25) is 0 Å². The number of benzene rings is 1. The first-order chi connectivity index (χ1) is 9.31. The van der Waals surface area contributed by atoms with Gasteiger partial charge >= 0.3 is 0 Å². The zero-order valence-electron chi connectivity index (χ0n) is 11.4. The molecular formula is C15H21FN2O.